The number of carboxylic acid groups (broad SMARTS) is 1. The van der Waals surface area contributed by atoms with E-state index in [9.17, 15) is 4.79 Å². The lowest BCUT2D eigenvalue weighted by molar-refractivity contribution is -0.136. The average molecular weight is 275 g/mol. The molecular formula is C15H17NO2S. The lowest BCUT2D eigenvalue weighted by Gasteiger charge is -2.11. The number of benzene rings is 1. The van der Waals surface area contributed by atoms with Crippen LogP contribution in [0, 0.1) is 20.8 Å². The lowest BCUT2D eigenvalue weighted by atomic mass is 10.0. The minimum absolute atomic E-state index is 0.491. The highest BCUT2D eigenvalue weighted by Gasteiger charge is 2.15. The maximum Gasteiger partial charge on any atom is 0.316 e. The van der Waals surface area contributed by atoms with Gasteiger partial charge in [-0.05, 0) is 50.5 Å². The summed E-state index contributed by atoms with van der Waals surface area (Å²) in [5, 5.41) is 10.4. The molecule has 0 bridgehead atoms. The summed E-state index contributed by atoms with van der Waals surface area (Å²) in [4.78, 5) is 15.5. The molecular weight excluding hydrogens is 258 g/mol. The van der Waals surface area contributed by atoms with E-state index in [1.165, 1.54) is 17.3 Å². The van der Waals surface area contributed by atoms with Crippen LogP contribution in [-0.2, 0) is 4.79 Å². The SMILES string of the molecule is Cc1ccc2c(C)cc(SC(C)C(=O)O)nc2c1C. The molecule has 0 aliphatic carbocycles. The quantitative estimate of drug-likeness (QED) is 0.867. The van der Waals surface area contributed by atoms with E-state index in [2.05, 4.69) is 31.0 Å². The third kappa shape index (κ3) is 2.73. The summed E-state index contributed by atoms with van der Waals surface area (Å²) in [6, 6.07) is 6.13. The Kier molecular flexibility index (Phi) is 3.80. The van der Waals surface area contributed by atoms with Crippen molar-refractivity contribution in [3.05, 3.63) is 34.9 Å². The number of aromatic nitrogens is 1. The molecule has 3 nitrogen and oxygen atoms in total. The summed E-state index contributed by atoms with van der Waals surface area (Å²) >= 11 is 1.28. The molecule has 0 radical (unpaired) electrons. The van der Waals surface area contributed by atoms with Crippen molar-refractivity contribution >= 4 is 28.6 Å². The summed E-state index contributed by atoms with van der Waals surface area (Å²) in [5.74, 6) is -0.814. The first-order valence-corrected chi connectivity index (χ1v) is 7.05. The van der Waals surface area contributed by atoms with Gasteiger partial charge in [0, 0.05) is 5.39 Å². The molecule has 1 aromatic heterocycles. The maximum atomic E-state index is 10.9. The zero-order valence-corrected chi connectivity index (χ0v) is 12.3. The van der Waals surface area contributed by atoms with Gasteiger partial charge in [0.2, 0.25) is 0 Å². The van der Waals surface area contributed by atoms with E-state index in [-0.39, 0.29) is 0 Å². The monoisotopic (exact) mass is 275 g/mol. The molecule has 100 valence electrons. The Labute approximate surface area is 117 Å². The number of pyridine rings is 1. The third-order valence-corrected chi connectivity index (χ3v) is 4.34. The number of rotatable bonds is 3. The van der Waals surface area contributed by atoms with Crippen LogP contribution in [0.4, 0.5) is 0 Å². The Morgan fingerprint density at radius 3 is 2.58 bits per heavy atom. The maximum absolute atomic E-state index is 10.9. The van der Waals surface area contributed by atoms with Gasteiger partial charge in [-0.3, -0.25) is 4.79 Å². The molecule has 1 unspecified atom stereocenters. The molecule has 0 amide bonds. The molecule has 0 saturated carbocycles. The van der Waals surface area contributed by atoms with E-state index in [0.29, 0.717) is 0 Å². The predicted octanol–water partition coefficient (Wildman–Crippen LogP) is 3.73. The molecule has 19 heavy (non-hydrogen) atoms. The summed E-state index contributed by atoms with van der Waals surface area (Å²) < 4.78 is 0. The van der Waals surface area contributed by atoms with Crippen molar-refractivity contribution in [3.63, 3.8) is 0 Å². The highest BCUT2D eigenvalue weighted by Crippen LogP contribution is 2.29. The fourth-order valence-electron chi connectivity index (χ4n) is 1.96. The zero-order chi connectivity index (χ0) is 14.2. The molecule has 1 N–H and O–H groups in total. The van der Waals surface area contributed by atoms with Crippen LogP contribution in [0.25, 0.3) is 10.9 Å². The number of hydrogen-bond donors (Lipinski definition) is 1. The van der Waals surface area contributed by atoms with Gasteiger partial charge in [0.15, 0.2) is 0 Å². The van der Waals surface area contributed by atoms with Gasteiger partial charge in [0.1, 0.15) is 5.25 Å². The molecule has 4 heteroatoms. The lowest BCUT2D eigenvalue weighted by Crippen LogP contribution is -2.11. The van der Waals surface area contributed by atoms with Crippen LogP contribution in [0.1, 0.15) is 23.6 Å². The molecule has 1 atom stereocenters. The molecule has 2 rings (SSSR count). The highest BCUT2D eigenvalue weighted by atomic mass is 32.2. The second-order valence-corrected chi connectivity index (χ2v) is 6.14. The average Bonchev–Trinajstić information content (AvgIpc) is 2.34. The van der Waals surface area contributed by atoms with Crippen molar-refractivity contribution in [2.75, 3.05) is 0 Å². The fraction of sp³-hybridized carbons (Fsp3) is 0.333. The standard InChI is InChI=1S/C15H17NO2S/c1-8-5-6-12-9(2)7-13(16-14(12)10(8)3)19-11(4)15(17)18/h5-7,11H,1-4H3,(H,17,18). The van der Waals surface area contributed by atoms with Crippen LogP contribution >= 0.6 is 11.8 Å². The van der Waals surface area contributed by atoms with Crippen molar-refractivity contribution in [2.45, 2.75) is 38.0 Å². The topological polar surface area (TPSA) is 50.2 Å². The first-order chi connectivity index (χ1) is 8.90. The summed E-state index contributed by atoms with van der Waals surface area (Å²) in [7, 11) is 0. The van der Waals surface area contributed by atoms with E-state index < -0.39 is 11.2 Å². The molecule has 0 fully saturated rings. The van der Waals surface area contributed by atoms with Crippen molar-refractivity contribution in [1.29, 1.82) is 0 Å². The molecule has 0 saturated heterocycles. The van der Waals surface area contributed by atoms with Gasteiger partial charge < -0.3 is 5.11 Å². The van der Waals surface area contributed by atoms with Gasteiger partial charge in [0.05, 0.1) is 10.5 Å². The Morgan fingerprint density at radius 2 is 1.95 bits per heavy atom. The Morgan fingerprint density at radius 1 is 1.26 bits per heavy atom. The first-order valence-electron chi connectivity index (χ1n) is 6.17. The van der Waals surface area contributed by atoms with E-state index in [1.807, 2.05) is 13.0 Å². The van der Waals surface area contributed by atoms with Gasteiger partial charge in [0.25, 0.3) is 0 Å². The Hall–Kier alpha value is -1.55. The van der Waals surface area contributed by atoms with Crippen LogP contribution in [0.3, 0.4) is 0 Å². The van der Waals surface area contributed by atoms with Crippen molar-refractivity contribution < 1.29 is 9.90 Å². The largest absolute Gasteiger partial charge is 0.480 e. The van der Waals surface area contributed by atoms with E-state index in [1.54, 1.807) is 6.92 Å². The van der Waals surface area contributed by atoms with Gasteiger partial charge in [-0.25, -0.2) is 4.98 Å². The number of aryl methyl sites for hydroxylation is 3. The van der Waals surface area contributed by atoms with Gasteiger partial charge in [-0.1, -0.05) is 23.9 Å². The number of carbonyl (C=O) groups is 1. The second kappa shape index (κ2) is 5.21. The minimum Gasteiger partial charge on any atom is -0.480 e. The number of thioether (sulfide) groups is 1. The molecule has 0 aliphatic rings. The second-order valence-electron chi connectivity index (χ2n) is 4.78. The molecule has 0 aliphatic heterocycles. The fourth-order valence-corrected chi connectivity index (χ4v) is 2.81. The molecule has 2 aromatic rings. The van der Waals surface area contributed by atoms with Crippen molar-refractivity contribution in [3.8, 4) is 0 Å². The summed E-state index contributed by atoms with van der Waals surface area (Å²) in [6.07, 6.45) is 0. The zero-order valence-electron chi connectivity index (χ0n) is 11.5. The molecule has 1 heterocycles. The Bertz CT molecular complexity index is 652. The van der Waals surface area contributed by atoms with E-state index in [4.69, 9.17) is 5.11 Å². The Balaban J connectivity index is 2.54. The highest BCUT2D eigenvalue weighted by molar-refractivity contribution is 8.00. The van der Waals surface area contributed by atoms with Crippen LogP contribution in [-0.4, -0.2) is 21.3 Å². The third-order valence-electron chi connectivity index (χ3n) is 3.33. The van der Waals surface area contributed by atoms with Gasteiger partial charge >= 0.3 is 5.97 Å². The number of hydrogen-bond acceptors (Lipinski definition) is 3. The van der Waals surface area contributed by atoms with Crippen LogP contribution in [0.15, 0.2) is 23.2 Å². The van der Waals surface area contributed by atoms with Crippen LogP contribution < -0.4 is 0 Å². The first kappa shape index (κ1) is 13.9. The number of nitrogens with zero attached hydrogens (tertiary/aromatic N) is 1. The predicted molar refractivity (Wildman–Crippen MR) is 78.9 cm³/mol. The smallest absolute Gasteiger partial charge is 0.316 e. The van der Waals surface area contributed by atoms with E-state index >= 15 is 0 Å². The summed E-state index contributed by atoms with van der Waals surface area (Å²) in [6.45, 7) is 7.83. The normalized spacial score (nSPS) is 12.6. The number of aliphatic carboxylic acids is 1. The molecule has 0 spiro atoms. The van der Waals surface area contributed by atoms with Crippen LogP contribution in [0.2, 0.25) is 0 Å². The number of fused-ring (bicyclic) bond motifs is 1. The summed E-state index contributed by atoms with van der Waals surface area (Å²) in [5.41, 5.74) is 4.46. The van der Waals surface area contributed by atoms with Crippen LogP contribution in [0.5, 0.6) is 0 Å². The van der Waals surface area contributed by atoms with Crippen molar-refractivity contribution in [2.24, 2.45) is 0 Å². The van der Waals surface area contributed by atoms with E-state index in [0.717, 1.165) is 27.1 Å². The van der Waals surface area contributed by atoms with Gasteiger partial charge in [-0.15, -0.1) is 0 Å². The molecule has 1 aromatic carbocycles. The minimum atomic E-state index is -0.814. The van der Waals surface area contributed by atoms with Crippen molar-refractivity contribution in [1.82, 2.24) is 4.98 Å². The number of carboxylic acids is 1. The van der Waals surface area contributed by atoms with Gasteiger partial charge in [-0.2, -0.15) is 0 Å².